The first-order valence-electron chi connectivity index (χ1n) is 4.75. The number of esters is 1. The molecule has 0 saturated heterocycles. The standard InChI is InChI=1S/C11H10F2N2O2/c1-6-8(11(12)13)3-7(5-14)15-9(6)4-10(16)17-2/h3,11H,4H2,1-2H3. The molecule has 0 fully saturated rings. The minimum Gasteiger partial charge on any atom is -0.469 e. The van der Waals surface area contributed by atoms with Crippen LogP contribution in [0.4, 0.5) is 8.78 Å². The van der Waals surface area contributed by atoms with Crippen molar-refractivity contribution in [1.29, 1.82) is 5.26 Å². The van der Waals surface area contributed by atoms with Gasteiger partial charge < -0.3 is 4.74 Å². The summed E-state index contributed by atoms with van der Waals surface area (Å²) in [6.45, 7) is 1.44. The number of carbonyl (C=O) groups excluding carboxylic acids is 1. The van der Waals surface area contributed by atoms with Crippen molar-refractivity contribution in [1.82, 2.24) is 4.98 Å². The van der Waals surface area contributed by atoms with Gasteiger partial charge in [0.25, 0.3) is 6.43 Å². The van der Waals surface area contributed by atoms with Crippen molar-refractivity contribution in [3.63, 3.8) is 0 Å². The van der Waals surface area contributed by atoms with Gasteiger partial charge in [-0.3, -0.25) is 4.79 Å². The predicted molar refractivity (Wildman–Crippen MR) is 54.4 cm³/mol. The Balaban J connectivity index is 3.25. The number of pyridine rings is 1. The van der Waals surface area contributed by atoms with Gasteiger partial charge >= 0.3 is 5.97 Å². The first-order valence-corrected chi connectivity index (χ1v) is 4.75. The maximum absolute atomic E-state index is 12.7. The molecule has 0 aliphatic carbocycles. The van der Waals surface area contributed by atoms with Gasteiger partial charge in [-0.05, 0) is 18.6 Å². The Morgan fingerprint density at radius 3 is 2.76 bits per heavy atom. The lowest BCUT2D eigenvalue weighted by molar-refractivity contribution is -0.139. The minimum absolute atomic E-state index is 0.134. The van der Waals surface area contributed by atoms with Crippen LogP contribution in [0.15, 0.2) is 6.07 Å². The van der Waals surface area contributed by atoms with E-state index in [1.165, 1.54) is 14.0 Å². The molecule has 0 amide bonds. The Hall–Kier alpha value is -2.03. The van der Waals surface area contributed by atoms with E-state index in [0.29, 0.717) is 0 Å². The molecule has 0 aliphatic rings. The average molecular weight is 240 g/mol. The second kappa shape index (κ2) is 5.34. The zero-order valence-corrected chi connectivity index (χ0v) is 9.33. The number of nitrogens with zero attached hydrogens (tertiary/aromatic N) is 2. The number of nitriles is 1. The van der Waals surface area contributed by atoms with Crippen molar-refractivity contribution in [3.05, 3.63) is 28.6 Å². The number of aromatic nitrogens is 1. The summed E-state index contributed by atoms with van der Waals surface area (Å²) < 4.78 is 29.8. The maximum Gasteiger partial charge on any atom is 0.311 e. The third-order valence-corrected chi connectivity index (χ3v) is 2.30. The van der Waals surface area contributed by atoms with Gasteiger partial charge in [-0.1, -0.05) is 0 Å². The van der Waals surface area contributed by atoms with Gasteiger partial charge in [0.05, 0.1) is 19.2 Å². The Morgan fingerprint density at radius 1 is 1.65 bits per heavy atom. The molecule has 1 aromatic heterocycles. The van der Waals surface area contributed by atoms with Crippen molar-refractivity contribution in [2.24, 2.45) is 0 Å². The van der Waals surface area contributed by atoms with Crippen molar-refractivity contribution >= 4 is 5.97 Å². The number of carbonyl (C=O) groups is 1. The van der Waals surface area contributed by atoms with Gasteiger partial charge in [-0.15, -0.1) is 0 Å². The predicted octanol–water partition coefficient (Wildman–Crippen LogP) is 1.91. The summed E-state index contributed by atoms with van der Waals surface area (Å²) >= 11 is 0. The summed E-state index contributed by atoms with van der Waals surface area (Å²) in [7, 11) is 1.19. The molecule has 1 rings (SSSR count). The summed E-state index contributed by atoms with van der Waals surface area (Å²) in [5.74, 6) is -0.587. The highest BCUT2D eigenvalue weighted by atomic mass is 19.3. The fourth-order valence-corrected chi connectivity index (χ4v) is 1.35. The number of hydrogen-bond acceptors (Lipinski definition) is 4. The van der Waals surface area contributed by atoms with Crippen molar-refractivity contribution in [3.8, 4) is 6.07 Å². The zero-order chi connectivity index (χ0) is 13.0. The molecule has 17 heavy (non-hydrogen) atoms. The van der Waals surface area contributed by atoms with E-state index >= 15 is 0 Å². The molecule has 90 valence electrons. The lowest BCUT2D eigenvalue weighted by atomic mass is 10.0. The molecule has 6 heteroatoms. The smallest absolute Gasteiger partial charge is 0.311 e. The van der Waals surface area contributed by atoms with Crippen LogP contribution in [0.25, 0.3) is 0 Å². The first kappa shape index (κ1) is 13.0. The minimum atomic E-state index is -2.71. The van der Waals surface area contributed by atoms with Gasteiger partial charge in [-0.25, -0.2) is 13.8 Å². The number of ether oxygens (including phenoxy) is 1. The number of methoxy groups -OCH3 is 1. The SMILES string of the molecule is COC(=O)Cc1nc(C#N)cc(C(F)F)c1C. The molecule has 0 unspecified atom stereocenters. The van der Waals surface area contributed by atoms with Crippen LogP contribution in [0.1, 0.15) is 28.9 Å². The number of alkyl halides is 2. The average Bonchev–Trinajstić information content (AvgIpc) is 2.31. The van der Waals surface area contributed by atoms with Crippen LogP contribution in [-0.4, -0.2) is 18.1 Å². The Kier molecular flexibility index (Phi) is 4.10. The van der Waals surface area contributed by atoms with Gasteiger partial charge in [0.1, 0.15) is 11.8 Å². The van der Waals surface area contributed by atoms with E-state index in [0.717, 1.165) is 6.07 Å². The molecule has 1 heterocycles. The molecule has 0 N–H and O–H groups in total. The van der Waals surface area contributed by atoms with E-state index in [9.17, 15) is 13.6 Å². The van der Waals surface area contributed by atoms with E-state index in [1.54, 1.807) is 6.07 Å². The van der Waals surface area contributed by atoms with Crippen LogP contribution in [0.3, 0.4) is 0 Å². The van der Waals surface area contributed by atoms with Gasteiger partial charge in [0.15, 0.2) is 0 Å². The molecule has 0 aliphatic heterocycles. The lowest BCUT2D eigenvalue weighted by Gasteiger charge is -2.09. The van der Waals surface area contributed by atoms with E-state index in [2.05, 4.69) is 9.72 Å². The number of hydrogen-bond donors (Lipinski definition) is 0. The molecule has 0 spiro atoms. The maximum atomic E-state index is 12.7. The van der Waals surface area contributed by atoms with Crippen LogP contribution in [0.2, 0.25) is 0 Å². The molecule has 0 aromatic carbocycles. The lowest BCUT2D eigenvalue weighted by Crippen LogP contribution is -2.10. The molecule has 0 saturated carbocycles. The van der Waals surface area contributed by atoms with Crippen molar-refractivity contribution in [2.45, 2.75) is 19.8 Å². The topological polar surface area (TPSA) is 63.0 Å². The van der Waals surface area contributed by atoms with Gasteiger partial charge in [-0.2, -0.15) is 5.26 Å². The summed E-state index contributed by atoms with van der Waals surface area (Å²) in [5.41, 5.74) is -0.0594. The van der Waals surface area contributed by atoms with Crippen LogP contribution in [0, 0.1) is 18.3 Å². The van der Waals surface area contributed by atoms with Crippen molar-refractivity contribution in [2.75, 3.05) is 7.11 Å². The van der Waals surface area contributed by atoms with E-state index < -0.39 is 12.4 Å². The fourth-order valence-electron chi connectivity index (χ4n) is 1.35. The second-order valence-corrected chi connectivity index (χ2v) is 3.33. The fraction of sp³-hybridized carbons (Fsp3) is 0.364. The van der Waals surface area contributed by atoms with Crippen LogP contribution in [-0.2, 0) is 16.0 Å². The molecule has 4 nitrogen and oxygen atoms in total. The van der Waals surface area contributed by atoms with Crippen molar-refractivity contribution < 1.29 is 18.3 Å². The van der Waals surface area contributed by atoms with Crippen LogP contribution in [0.5, 0.6) is 0 Å². The van der Waals surface area contributed by atoms with Gasteiger partial charge in [0, 0.05) is 5.56 Å². The van der Waals surface area contributed by atoms with Crippen LogP contribution >= 0.6 is 0 Å². The molecular weight excluding hydrogens is 230 g/mol. The van der Waals surface area contributed by atoms with E-state index in [4.69, 9.17) is 5.26 Å². The quantitative estimate of drug-likeness (QED) is 0.757. The van der Waals surface area contributed by atoms with Gasteiger partial charge in [0.2, 0.25) is 0 Å². The first-order chi connectivity index (χ1) is 7.99. The van der Waals surface area contributed by atoms with E-state index in [1.807, 2.05) is 0 Å². The Morgan fingerprint density at radius 2 is 2.29 bits per heavy atom. The summed E-state index contributed by atoms with van der Waals surface area (Å²) in [4.78, 5) is 14.9. The molecule has 0 radical (unpaired) electrons. The third-order valence-electron chi connectivity index (χ3n) is 2.30. The second-order valence-electron chi connectivity index (χ2n) is 3.33. The van der Waals surface area contributed by atoms with E-state index in [-0.39, 0.29) is 28.9 Å². The third kappa shape index (κ3) is 2.97. The molecular formula is C11H10F2N2O2. The Bertz CT molecular complexity index is 481. The number of rotatable bonds is 3. The molecule has 0 bridgehead atoms. The molecule has 0 atom stereocenters. The zero-order valence-electron chi connectivity index (χ0n) is 9.33. The normalized spacial score (nSPS) is 10.1. The Labute approximate surface area is 96.8 Å². The summed E-state index contributed by atoms with van der Waals surface area (Å²) in [5, 5.41) is 8.68. The highest BCUT2D eigenvalue weighted by Crippen LogP contribution is 2.25. The monoisotopic (exact) mass is 240 g/mol. The highest BCUT2D eigenvalue weighted by Gasteiger charge is 2.18. The largest absolute Gasteiger partial charge is 0.469 e. The number of halogens is 2. The highest BCUT2D eigenvalue weighted by molar-refractivity contribution is 5.72. The van der Waals surface area contributed by atoms with Crippen LogP contribution < -0.4 is 0 Å². The summed E-state index contributed by atoms with van der Waals surface area (Å²) in [6.07, 6.45) is -2.93. The molecule has 1 aromatic rings. The summed E-state index contributed by atoms with van der Waals surface area (Å²) in [6, 6.07) is 2.71.